The highest BCUT2D eigenvalue weighted by Crippen LogP contribution is 2.27. The molecule has 0 radical (unpaired) electrons. The van der Waals surface area contributed by atoms with E-state index in [-0.39, 0.29) is 12.5 Å². The second-order valence-electron chi connectivity index (χ2n) is 4.26. The number of halogens is 1. The standard InChI is InChI=1S/C15H15BrN2O3/c1-20-12-4-2-3-11(8-12)18-15(19)9-21-14-7-10(17)5-6-13(14)16/h2-8H,9,17H2,1H3,(H,18,19). The molecule has 0 aliphatic heterocycles. The molecule has 0 saturated heterocycles. The van der Waals surface area contributed by atoms with Gasteiger partial charge in [0.15, 0.2) is 6.61 Å². The van der Waals surface area contributed by atoms with Crippen molar-refractivity contribution in [3.05, 3.63) is 46.9 Å². The van der Waals surface area contributed by atoms with Gasteiger partial charge in [-0.3, -0.25) is 4.79 Å². The molecule has 3 N–H and O–H groups in total. The van der Waals surface area contributed by atoms with Crippen molar-refractivity contribution < 1.29 is 14.3 Å². The molecule has 0 atom stereocenters. The number of carbonyl (C=O) groups is 1. The summed E-state index contributed by atoms with van der Waals surface area (Å²) >= 11 is 3.34. The molecule has 0 fully saturated rings. The van der Waals surface area contributed by atoms with Gasteiger partial charge in [-0.2, -0.15) is 0 Å². The van der Waals surface area contributed by atoms with Gasteiger partial charge in [0, 0.05) is 23.5 Å². The molecule has 0 heterocycles. The van der Waals surface area contributed by atoms with Crippen LogP contribution in [-0.2, 0) is 4.79 Å². The Balaban J connectivity index is 1.94. The SMILES string of the molecule is COc1cccc(NC(=O)COc2cc(N)ccc2Br)c1. The lowest BCUT2D eigenvalue weighted by atomic mass is 10.3. The van der Waals surface area contributed by atoms with Crippen molar-refractivity contribution in [3.63, 3.8) is 0 Å². The van der Waals surface area contributed by atoms with Gasteiger partial charge >= 0.3 is 0 Å². The minimum Gasteiger partial charge on any atom is -0.497 e. The van der Waals surface area contributed by atoms with Gasteiger partial charge in [-0.25, -0.2) is 0 Å². The fraction of sp³-hybridized carbons (Fsp3) is 0.133. The molecule has 6 heteroatoms. The zero-order chi connectivity index (χ0) is 15.2. The lowest BCUT2D eigenvalue weighted by molar-refractivity contribution is -0.118. The Morgan fingerprint density at radius 2 is 2.10 bits per heavy atom. The first-order chi connectivity index (χ1) is 10.1. The number of anilines is 2. The second kappa shape index (κ2) is 6.99. The minimum atomic E-state index is -0.266. The number of methoxy groups -OCH3 is 1. The van der Waals surface area contributed by atoms with E-state index >= 15 is 0 Å². The molecule has 0 saturated carbocycles. The van der Waals surface area contributed by atoms with Crippen LogP contribution in [0.3, 0.4) is 0 Å². The van der Waals surface area contributed by atoms with Crippen LogP contribution in [0.1, 0.15) is 0 Å². The largest absolute Gasteiger partial charge is 0.497 e. The van der Waals surface area contributed by atoms with E-state index in [1.165, 1.54) is 0 Å². The average molecular weight is 351 g/mol. The normalized spacial score (nSPS) is 10.0. The number of ether oxygens (including phenoxy) is 2. The van der Waals surface area contributed by atoms with Crippen molar-refractivity contribution in [2.24, 2.45) is 0 Å². The highest BCUT2D eigenvalue weighted by molar-refractivity contribution is 9.10. The third-order valence-corrected chi connectivity index (χ3v) is 3.32. The van der Waals surface area contributed by atoms with Crippen LogP contribution in [0.5, 0.6) is 11.5 Å². The molecule has 0 aliphatic carbocycles. The number of hydrogen-bond donors (Lipinski definition) is 2. The first-order valence-electron chi connectivity index (χ1n) is 6.20. The summed E-state index contributed by atoms with van der Waals surface area (Å²) in [6.07, 6.45) is 0. The van der Waals surface area contributed by atoms with Crippen LogP contribution in [-0.4, -0.2) is 19.6 Å². The Morgan fingerprint density at radius 1 is 1.29 bits per heavy atom. The molecule has 0 unspecified atom stereocenters. The summed E-state index contributed by atoms with van der Waals surface area (Å²) in [5.74, 6) is 0.931. The molecule has 0 spiro atoms. The maximum absolute atomic E-state index is 11.9. The lowest BCUT2D eigenvalue weighted by Gasteiger charge is -2.10. The number of hydrogen-bond acceptors (Lipinski definition) is 4. The zero-order valence-electron chi connectivity index (χ0n) is 11.4. The second-order valence-corrected chi connectivity index (χ2v) is 5.11. The number of amides is 1. The summed E-state index contributed by atoms with van der Waals surface area (Å²) in [6.45, 7) is -0.112. The van der Waals surface area contributed by atoms with Crippen molar-refractivity contribution in [1.82, 2.24) is 0 Å². The number of carbonyl (C=O) groups excluding carboxylic acids is 1. The Kier molecular flexibility index (Phi) is 5.05. The van der Waals surface area contributed by atoms with E-state index in [2.05, 4.69) is 21.2 Å². The van der Waals surface area contributed by atoms with E-state index in [4.69, 9.17) is 15.2 Å². The quantitative estimate of drug-likeness (QED) is 0.812. The van der Waals surface area contributed by atoms with E-state index in [0.29, 0.717) is 22.9 Å². The van der Waals surface area contributed by atoms with E-state index in [1.54, 1.807) is 49.6 Å². The average Bonchev–Trinajstić information content (AvgIpc) is 2.48. The van der Waals surface area contributed by atoms with Gasteiger partial charge in [0.05, 0.1) is 11.6 Å². The highest BCUT2D eigenvalue weighted by Gasteiger charge is 2.07. The summed E-state index contributed by atoms with van der Waals surface area (Å²) in [5, 5.41) is 2.73. The first kappa shape index (κ1) is 15.2. The van der Waals surface area contributed by atoms with Crippen molar-refractivity contribution in [2.45, 2.75) is 0 Å². The fourth-order valence-electron chi connectivity index (χ4n) is 1.67. The van der Waals surface area contributed by atoms with Crippen LogP contribution in [0.4, 0.5) is 11.4 Å². The van der Waals surface area contributed by atoms with Crippen molar-refractivity contribution >= 4 is 33.2 Å². The Bertz CT molecular complexity index is 647. The molecule has 2 rings (SSSR count). The third kappa shape index (κ3) is 4.39. The molecule has 1 amide bonds. The lowest BCUT2D eigenvalue weighted by Crippen LogP contribution is -2.20. The molecule has 2 aromatic rings. The topological polar surface area (TPSA) is 73.6 Å². The highest BCUT2D eigenvalue weighted by atomic mass is 79.9. The van der Waals surface area contributed by atoms with Crippen LogP contribution >= 0.6 is 15.9 Å². The molecule has 2 aromatic carbocycles. The maximum atomic E-state index is 11.9. The Labute approximate surface area is 131 Å². The summed E-state index contributed by atoms with van der Waals surface area (Å²) in [4.78, 5) is 11.9. The molecule has 0 aromatic heterocycles. The summed E-state index contributed by atoms with van der Waals surface area (Å²) < 4.78 is 11.3. The molecule has 21 heavy (non-hydrogen) atoms. The molecule has 0 aliphatic rings. The van der Waals surface area contributed by atoms with Gasteiger partial charge in [-0.15, -0.1) is 0 Å². The predicted octanol–water partition coefficient (Wildman–Crippen LogP) is 3.06. The van der Waals surface area contributed by atoms with E-state index < -0.39 is 0 Å². The first-order valence-corrected chi connectivity index (χ1v) is 6.99. The molecular formula is C15H15BrN2O3. The number of benzene rings is 2. The predicted molar refractivity (Wildman–Crippen MR) is 85.7 cm³/mol. The minimum absolute atomic E-state index is 0.112. The fourth-order valence-corrected chi connectivity index (χ4v) is 2.03. The van der Waals surface area contributed by atoms with E-state index in [9.17, 15) is 4.79 Å². The van der Waals surface area contributed by atoms with Gasteiger partial charge in [0.1, 0.15) is 11.5 Å². The zero-order valence-corrected chi connectivity index (χ0v) is 13.0. The number of nitrogen functional groups attached to an aromatic ring is 1. The molecular weight excluding hydrogens is 336 g/mol. The Hall–Kier alpha value is -2.21. The number of nitrogens with two attached hydrogens (primary N) is 1. The third-order valence-electron chi connectivity index (χ3n) is 2.67. The summed E-state index contributed by atoms with van der Waals surface area (Å²) in [6, 6.07) is 12.3. The van der Waals surface area contributed by atoms with Crippen LogP contribution in [0.15, 0.2) is 46.9 Å². The number of rotatable bonds is 5. The molecule has 110 valence electrons. The van der Waals surface area contributed by atoms with Crippen molar-refractivity contribution in [1.29, 1.82) is 0 Å². The van der Waals surface area contributed by atoms with Crippen LogP contribution in [0.25, 0.3) is 0 Å². The monoisotopic (exact) mass is 350 g/mol. The van der Waals surface area contributed by atoms with Gasteiger partial charge in [-0.1, -0.05) is 6.07 Å². The van der Waals surface area contributed by atoms with Gasteiger partial charge in [0.2, 0.25) is 0 Å². The van der Waals surface area contributed by atoms with Gasteiger partial charge < -0.3 is 20.5 Å². The Morgan fingerprint density at radius 3 is 2.86 bits per heavy atom. The number of nitrogens with one attached hydrogen (secondary N) is 1. The molecule has 0 bridgehead atoms. The van der Waals surface area contributed by atoms with Gasteiger partial charge in [-0.05, 0) is 40.2 Å². The molecule has 5 nitrogen and oxygen atoms in total. The maximum Gasteiger partial charge on any atom is 0.262 e. The van der Waals surface area contributed by atoms with E-state index in [1.807, 2.05) is 0 Å². The van der Waals surface area contributed by atoms with Gasteiger partial charge in [0.25, 0.3) is 5.91 Å². The van der Waals surface area contributed by atoms with Crippen LogP contribution < -0.4 is 20.5 Å². The smallest absolute Gasteiger partial charge is 0.262 e. The summed E-state index contributed by atoms with van der Waals surface area (Å²) in [5.41, 5.74) is 6.89. The van der Waals surface area contributed by atoms with Crippen LogP contribution in [0.2, 0.25) is 0 Å². The van der Waals surface area contributed by atoms with Crippen molar-refractivity contribution in [3.8, 4) is 11.5 Å². The summed E-state index contributed by atoms with van der Waals surface area (Å²) in [7, 11) is 1.57. The van der Waals surface area contributed by atoms with Crippen LogP contribution in [0, 0.1) is 0 Å². The van der Waals surface area contributed by atoms with Crippen molar-refractivity contribution in [2.75, 3.05) is 24.8 Å². The van der Waals surface area contributed by atoms with E-state index in [0.717, 1.165) is 4.47 Å².